The van der Waals surface area contributed by atoms with Gasteiger partial charge in [0.2, 0.25) is 0 Å². The van der Waals surface area contributed by atoms with E-state index < -0.39 is 23.9 Å². The lowest BCUT2D eigenvalue weighted by molar-refractivity contribution is -0.137. The van der Waals surface area contributed by atoms with Crippen molar-refractivity contribution in [3.63, 3.8) is 0 Å². The summed E-state index contributed by atoms with van der Waals surface area (Å²) in [5, 5.41) is 22.2. The predicted octanol–water partition coefficient (Wildman–Crippen LogP) is 3.17. The van der Waals surface area contributed by atoms with Crippen LogP contribution in [0, 0.1) is 0 Å². The maximum Gasteiger partial charge on any atom is 0.417 e. The molecule has 32 heavy (non-hydrogen) atoms. The first-order chi connectivity index (χ1) is 15.3. The molecule has 0 aliphatic carbocycles. The second-order valence-corrected chi connectivity index (χ2v) is 7.24. The summed E-state index contributed by atoms with van der Waals surface area (Å²) in [5.41, 5.74) is -0.626. The van der Waals surface area contributed by atoms with Crippen molar-refractivity contribution < 1.29 is 23.1 Å². The molecule has 1 atom stereocenters. The van der Waals surface area contributed by atoms with E-state index in [4.69, 9.17) is 0 Å². The van der Waals surface area contributed by atoms with Gasteiger partial charge in [0.1, 0.15) is 11.5 Å². The minimum atomic E-state index is -4.62. The Labute approximate surface area is 180 Å². The molecule has 1 amide bonds. The summed E-state index contributed by atoms with van der Waals surface area (Å²) in [4.78, 5) is 22.4. The summed E-state index contributed by atoms with van der Waals surface area (Å²) in [6.07, 6.45) is 0.876. The maximum absolute atomic E-state index is 12.9. The van der Waals surface area contributed by atoms with E-state index in [0.29, 0.717) is 18.0 Å². The van der Waals surface area contributed by atoms with Crippen molar-refractivity contribution in [3.8, 4) is 0 Å². The average molecular weight is 447 g/mol. The molecule has 0 saturated carbocycles. The van der Waals surface area contributed by atoms with E-state index in [1.807, 2.05) is 6.07 Å². The number of rotatable bonds is 6. The molecule has 1 aliphatic rings. The van der Waals surface area contributed by atoms with Crippen molar-refractivity contribution in [1.29, 1.82) is 0 Å². The lowest BCUT2D eigenvalue weighted by Crippen LogP contribution is -2.19. The minimum Gasteiger partial charge on any atom is -0.368 e. The first-order valence-corrected chi connectivity index (χ1v) is 9.84. The van der Waals surface area contributed by atoms with Gasteiger partial charge in [0.15, 0.2) is 6.23 Å². The Kier molecular flexibility index (Phi) is 5.95. The Morgan fingerprint density at radius 3 is 2.66 bits per heavy atom. The van der Waals surface area contributed by atoms with Gasteiger partial charge in [-0.25, -0.2) is 4.98 Å². The van der Waals surface area contributed by atoms with Gasteiger partial charge in [-0.15, -0.1) is 0 Å². The van der Waals surface area contributed by atoms with E-state index in [2.05, 4.69) is 35.7 Å². The quantitative estimate of drug-likeness (QED) is 0.429. The van der Waals surface area contributed by atoms with Crippen molar-refractivity contribution in [1.82, 2.24) is 20.2 Å². The van der Waals surface area contributed by atoms with Crippen LogP contribution in [0.2, 0.25) is 0 Å². The molecule has 168 valence electrons. The van der Waals surface area contributed by atoms with Crippen LogP contribution in [0.4, 0.5) is 30.4 Å². The molecule has 4 heterocycles. The maximum atomic E-state index is 12.9. The topological polar surface area (TPSA) is 119 Å². The largest absolute Gasteiger partial charge is 0.417 e. The zero-order valence-electron chi connectivity index (χ0n) is 16.7. The number of pyridine rings is 2. The van der Waals surface area contributed by atoms with Crippen LogP contribution in [0.3, 0.4) is 0 Å². The number of aliphatic hydroxyl groups is 1. The van der Waals surface area contributed by atoms with Crippen LogP contribution in [-0.2, 0) is 6.18 Å². The van der Waals surface area contributed by atoms with E-state index in [0.717, 1.165) is 37.9 Å². The summed E-state index contributed by atoms with van der Waals surface area (Å²) in [6.45, 7) is 1.92. The molecule has 9 nitrogen and oxygen atoms in total. The minimum absolute atomic E-state index is 0.0573. The van der Waals surface area contributed by atoms with Crippen LogP contribution in [0.1, 0.15) is 40.7 Å². The fourth-order valence-electron chi connectivity index (χ4n) is 3.35. The van der Waals surface area contributed by atoms with Crippen LogP contribution in [0.5, 0.6) is 0 Å². The van der Waals surface area contributed by atoms with Gasteiger partial charge >= 0.3 is 6.18 Å². The standard InChI is InChI=1S/C20H20F3N7O2/c21-20(22,23)13-7-12(8-24-9-13)18(31)28-15-11-26-29-17(15)19(32)27-14-3-4-16(25-10-14)30-5-1-2-6-30/h3-4,7-11,19,27,32H,1-2,5-6H2,(H,26,29)(H,28,31). The normalized spacial score (nSPS) is 14.9. The van der Waals surface area contributed by atoms with Crippen molar-refractivity contribution in [2.24, 2.45) is 0 Å². The Hall–Kier alpha value is -3.67. The monoisotopic (exact) mass is 447 g/mol. The molecule has 1 unspecified atom stereocenters. The van der Waals surface area contributed by atoms with Crippen LogP contribution in [-0.4, -0.2) is 44.3 Å². The molecule has 0 spiro atoms. The van der Waals surface area contributed by atoms with E-state index in [1.165, 1.54) is 6.20 Å². The van der Waals surface area contributed by atoms with Crippen molar-refractivity contribution >= 4 is 23.1 Å². The summed E-state index contributed by atoms with van der Waals surface area (Å²) in [7, 11) is 0. The number of aromatic nitrogens is 4. The highest BCUT2D eigenvalue weighted by molar-refractivity contribution is 6.04. The fourth-order valence-corrected chi connectivity index (χ4v) is 3.35. The fraction of sp³-hybridized carbons (Fsp3) is 0.300. The SMILES string of the molecule is O=C(Nc1c[nH]nc1C(O)Nc1ccc(N2CCCC2)nc1)c1cncc(C(F)(F)F)c1. The third-order valence-electron chi connectivity index (χ3n) is 4.99. The number of anilines is 3. The number of alkyl halides is 3. The molecular formula is C20H20F3N7O2. The number of nitrogens with zero attached hydrogens (tertiary/aromatic N) is 4. The number of aliphatic hydroxyl groups excluding tert-OH is 1. The van der Waals surface area contributed by atoms with E-state index in [-0.39, 0.29) is 16.9 Å². The van der Waals surface area contributed by atoms with Crippen LogP contribution >= 0.6 is 0 Å². The molecular weight excluding hydrogens is 427 g/mol. The Bertz CT molecular complexity index is 1080. The van der Waals surface area contributed by atoms with Gasteiger partial charge in [0.05, 0.1) is 28.7 Å². The molecule has 4 N–H and O–H groups in total. The van der Waals surface area contributed by atoms with Crippen molar-refractivity contribution in [2.45, 2.75) is 25.2 Å². The lowest BCUT2D eigenvalue weighted by Gasteiger charge is -2.18. The number of nitrogens with one attached hydrogen (secondary N) is 3. The third-order valence-corrected chi connectivity index (χ3v) is 4.99. The highest BCUT2D eigenvalue weighted by atomic mass is 19.4. The summed E-state index contributed by atoms with van der Waals surface area (Å²) in [5.74, 6) is 0.0278. The number of carbonyl (C=O) groups excluding carboxylic acids is 1. The lowest BCUT2D eigenvalue weighted by atomic mass is 10.2. The second kappa shape index (κ2) is 8.83. The predicted molar refractivity (Wildman–Crippen MR) is 110 cm³/mol. The summed E-state index contributed by atoms with van der Waals surface area (Å²) in [6, 6.07) is 4.31. The van der Waals surface area contributed by atoms with E-state index in [9.17, 15) is 23.1 Å². The van der Waals surface area contributed by atoms with Crippen LogP contribution in [0.15, 0.2) is 43.0 Å². The molecule has 0 bridgehead atoms. The van der Waals surface area contributed by atoms with Gasteiger partial charge in [0, 0.05) is 31.7 Å². The Morgan fingerprint density at radius 1 is 1.19 bits per heavy atom. The van der Waals surface area contributed by atoms with Gasteiger partial charge in [-0.2, -0.15) is 18.3 Å². The highest BCUT2D eigenvalue weighted by Gasteiger charge is 2.31. The number of hydrogen-bond acceptors (Lipinski definition) is 7. The van der Waals surface area contributed by atoms with E-state index >= 15 is 0 Å². The van der Waals surface area contributed by atoms with E-state index in [1.54, 1.807) is 12.3 Å². The molecule has 1 saturated heterocycles. The molecule has 1 aliphatic heterocycles. The summed E-state index contributed by atoms with van der Waals surface area (Å²) < 4.78 is 38.6. The Morgan fingerprint density at radius 2 is 1.97 bits per heavy atom. The number of hydrogen-bond donors (Lipinski definition) is 4. The first kappa shape index (κ1) is 21.6. The third kappa shape index (κ3) is 4.80. The number of H-pyrrole nitrogens is 1. The van der Waals surface area contributed by atoms with Gasteiger partial charge in [-0.05, 0) is 31.0 Å². The number of halogens is 3. The molecule has 12 heteroatoms. The van der Waals surface area contributed by atoms with Gasteiger partial charge in [-0.1, -0.05) is 0 Å². The molecule has 1 fully saturated rings. The van der Waals surface area contributed by atoms with Crippen LogP contribution in [0.25, 0.3) is 0 Å². The molecule has 4 rings (SSSR count). The average Bonchev–Trinajstić information content (AvgIpc) is 3.46. The van der Waals surface area contributed by atoms with Crippen molar-refractivity contribution in [2.75, 3.05) is 28.6 Å². The molecule has 3 aromatic heterocycles. The van der Waals surface area contributed by atoms with Crippen molar-refractivity contribution in [3.05, 3.63) is 59.8 Å². The second-order valence-electron chi connectivity index (χ2n) is 7.24. The first-order valence-electron chi connectivity index (χ1n) is 9.84. The van der Waals surface area contributed by atoms with Gasteiger partial charge in [-0.3, -0.25) is 14.9 Å². The highest BCUT2D eigenvalue weighted by Crippen LogP contribution is 2.29. The number of carbonyl (C=O) groups is 1. The zero-order chi connectivity index (χ0) is 22.7. The number of aromatic amines is 1. The Balaban J connectivity index is 1.43. The molecule has 3 aromatic rings. The van der Waals surface area contributed by atoms with Gasteiger partial charge in [0.25, 0.3) is 5.91 Å². The smallest absolute Gasteiger partial charge is 0.368 e. The van der Waals surface area contributed by atoms with Gasteiger partial charge < -0.3 is 20.6 Å². The number of amides is 1. The molecule has 0 radical (unpaired) electrons. The van der Waals surface area contributed by atoms with Crippen LogP contribution < -0.4 is 15.5 Å². The zero-order valence-corrected chi connectivity index (χ0v) is 16.7. The summed E-state index contributed by atoms with van der Waals surface area (Å²) >= 11 is 0. The molecule has 0 aromatic carbocycles.